The van der Waals surface area contributed by atoms with E-state index in [0.717, 1.165) is 33.8 Å². The van der Waals surface area contributed by atoms with Gasteiger partial charge in [-0.25, -0.2) is 4.99 Å². The first-order valence-corrected chi connectivity index (χ1v) is 9.30. The van der Waals surface area contributed by atoms with Crippen molar-refractivity contribution in [1.29, 1.82) is 0 Å². The number of fused-ring (bicyclic) bond motifs is 1. The zero-order valence-corrected chi connectivity index (χ0v) is 16.0. The van der Waals surface area contributed by atoms with Crippen LogP contribution in [0.25, 0.3) is 0 Å². The molecule has 0 N–H and O–H groups in total. The highest BCUT2D eigenvalue weighted by Crippen LogP contribution is 2.40. The van der Waals surface area contributed by atoms with Crippen molar-refractivity contribution in [2.45, 2.75) is 13.0 Å². The third kappa shape index (κ3) is 3.41. The van der Waals surface area contributed by atoms with Gasteiger partial charge in [-0.3, -0.25) is 4.79 Å². The molecule has 1 aliphatic rings. The Hall–Kier alpha value is -3.40. The summed E-state index contributed by atoms with van der Waals surface area (Å²) in [6, 6.07) is 26.4. The topological polar surface area (TPSA) is 41.9 Å². The van der Waals surface area contributed by atoms with Crippen molar-refractivity contribution < 1.29 is 9.53 Å². The van der Waals surface area contributed by atoms with Gasteiger partial charge in [-0.1, -0.05) is 78.4 Å². The van der Waals surface area contributed by atoms with Gasteiger partial charge in [-0.15, -0.1) is 0 Å². The van der Waals surface area contributed by atoms with Crippen LogP contribution in [0, 0.1) is 6.92 Å². The van der Waals surface area contributed by atoms with Crippen molar-refractivity contribution in [1.82, 2.24) is 4.90 Å². The third-order valence-electron chi connectivity index (χ3n) is 4.96. The summed E-state index contributed by atoms with van der Waals surface area (Å²) < 4.78 is 5.00. The maximum atomic E-state index is 12.3. The molecular weight excluding hydrogens is 348 g/mol. The average Bonchev–Trinajstić information content (AvgIpc) is 2.74. The van der Waals surface area contributed by atoms with E-state index in [0.29, 0.717) is 0 Å². The zero-order chi connectivity index (χ0) is 19.5. The lowest BCUT2D eigenvalue weighted by Crippen LogP contribution is -2.42. The van der Waals surface area contributed by atoms with Crippen LogP contribution in [-0.2, 0) is 9.53 Å². The number of rotatable bonds is 4. The summed E-state index contributed by atoms with van der Waals surface area (Å²) in [5.74, 6) is 0.483. The van der Waals surface area contributed by atoms with Gasteiger partial charge in [0, 0.05) is 11.1 Å². The predicted molar refractivity (Wildman–Crippen MR) is 111 cm³/mol. The van der Waals surface area contributed by atoms with Crippen molar-refractivity contribution in [3.63, 3.8) is 0 Å². The van der Waals surface area contributed by atoms with Crippen LogP contribution in [0.5, 0.6) is 0 Å². The van der Waals surface area contributed by atoms with Crippen molar-refractivity contribution in [2.24, 2.45) is 4.99 Å². The van der Waals surface area contributed by atoms with Gasteiger partial charge in [0.15, 0.2) is 0 Å². The molecule has 0 radical (unpaired) electrons. The number of carbonyl (C=O) groups excluding carboxylic acids is 1. The number of esters is 1. The molecule has 0 saturated carbocycles. The fourth-order valence-corrected chi connectivity index (χ4v) is 3.65. The van der Waals surface area contributed by atoms with Crippen molar-refractivity contribution in [3.05, 3.63) is 101 Å². The number of aryl methyl sites for hydroxylation is 1. The minimum absolute atomic E-state index is 0.122. The average molecular weight is 370 g/mol. The normalized spacial score (nSPS) is 15.6. The van der Waals surface area contributed by atoms with Crippen molar-refractivity contribution in [2.75, 3.05) is 13.7 Å². The maximum absolute atomic E-state index is 12.3. The van der Waals surface area contributed by atoms with Crippen LogP contribution in [0.15, 0.2) is 83.9 Å². The molecule has 3 aromatic carbocycles. The van der Waals surface area contributed by atoms with E-state index in [2.05, 4.69) is 37.3 Å². The first-order valence-electron chi connectivity index (χ1n) is 9.30. The molecule has 0 amide bonds. The fraction of sp³-hybridized carbons (Fsp3) is 0.167. The predicted octanol–water partition coefficient (Wildman–Crippen LogP) is 4.65. The monoisotopic (exact) mass is 370 g/mol. The Morgan fingerprint density at radius 1 is 1.00 bits per heavy atom. The number of methoxy groups -OCH3 is 1. The van der Waals surface area contributed by atoms with E-state index in [1.54, 1.807) is 0 Å². The van der Waals surface area contributed by atoms with Gasteiger partial charge >= 0.3 is 5.97 Å². The number of hydrogen-bond donors (Lipinski definition) is 0. The van der Waals surface area contributed by atoms with E-state index in [1.165, 1.54) is 7.11 Å². The molecule has 1 atom stereocenters. The van der Waals surface area contributed by atoms with Crippen LogP contribution in [0.2, 0.25) is 0 Å². The van der Waals surface area contributed by atoms with E-state index in [4.69, 9.17) is 9.73 Å². The molecular formula is C24H22N2O2. The summed E-state index contributed by atoms with van der Waals surface area (Å²) in [7, 11) is 1.42. The maximum Gasteiger partial charge on any atom is 0.325 e. The van der Waals surface area contributed by atoms with Crippen LogP contribution in [0.1, 0.15) is 28.3 Å². The summed E-state index contributed by atoms with van der Waals surface area (Å²) in [5.41, 5.74) is 5.27. The van der Waals surface area contributed by atoms with Crippen LogP contribution in [0.4, 0.5) is 5.69 Å². The minimum Gasteiger partial charge on any atom is -0.468 e. The van der Waals surface area contributed by atoms with Gasteiger partial charge in [0.25, 0.3) is 0 Å². The van der Waals surface area contributed by atoms with Crippen LogP contribution >= 0.6 is 0 Å². The summed E-state index contributed by atoms with van der Waals surface area (Å²) >= 11 is 0. The lowest BCUT2D eigenvalue weighted by atomic mass is 9.92. The van der Waals surface area contributed by atoms with Crippen LogP contribution in [-0.4, -0.2) is 30.4 Å². The molecule has 4 heteroatoms. The number of benzene rings is 3. The second kappa shape index (κ2) is 7.69. The first-order chi connectivity index (χ1) is 13.7. The highest BCUT2D eigenvalue weighted by molar-refractivity contribution is 6.03. The van der Waals surface area contributed by atoms with E-state index in [1.807, 2.05) is 53.4 Å². The SMILES string of the molecule is COC(=O)CN1C(c2ccccc2)=Nc2ccc(C)cc2[C@@H]1c1ccccc1. The van der Waals surface area contributed by atoms with Gasteiger partial charge in [0.1, 0.15) is 12.4 Å². The molecule has 0 fully saturated rings. The van der Waals surface area contributed by atoms with Crippen molar-refractivity contribution >= 4 is 17.5 Å². The van der Waals surface area contributed by atoms with Gasteiger partial charge in [-0.2, -0.15) is 0 Å². The molecule has 140 valence electrons. The fourth-order valence-electron chi connectivity index (χ4n) is 3.65. The Kier molecular flexibility index (Phi) is 4.94. The summed E-state index contributed by atoms with van der Waals surface area (Å²) in [4.78, 5) is 19.3. The number of carbonyl (C=O) groups is 1. The quantitative estimate of drug-likeness (QED) is 0.628. The van der Waals surface area contributed by atoms with Gasteiger partial charge in [0.2, 0.25) is 0 Å². The Balaban J connectivity index is 1.94. The molecule has 3 aromatic rings. The second-order valence-corrected chi connectivity index (χ2v) is 6.88. The molecule has 0 bridgehead atoms. The lowest BCUT2D eigenvalue weighted by Gasteiger charge is -2.38. The molecule has 0 spiro atoms. The summed E-state index contributed by atoms with van der Waals surface area (Å²) in [6.07, 6.45) is 0. The smallest absolute Gasteiger partial charge is 0.325 e. The number of amidine groups is 1. The second-order valence-electron chi connectivity index (χ2n) is 6.88. The highest BCUT2D eigenvalue weighted by atomic mass is 16.5. The standard InChI is InChI=1S/C24H22N2O2/c1-17-13-14-21-20(15-17)23(18-9-5-3-6-10-18)26(16-22(27)28-2)24(25-21)19-11-7-4-8-12-19/h3-15,23H,16H2,1-2H3/t23-/m0/s1. The third-order valence-corrected chi connectivity index (χ3v) is 4.96. The molecule has 1 heterocycles. The molecule has 4 nitrogen and oxygen atoms in total. The number of hydrogen-bond acceptors (Lipinski definition) is 4. The minimum atomic E-state index is -0.291. The number of ether oxygens (including phenoxy) is 1. The van der Waals surface area contributed by atoms with Gasteiger partial charge in [0.05, 0.1) is 18.8 Å². The Labute approximate surface area is 165 Å². The number of aliphatic imine (C=N–C) groups is 1. The molecule has 0 saturated heterocycles. The van der Waals surface area contributed by atoms with E-state index < -0.39 is 0 Å². The first kappa shape index (κ1) is 18.0. The Morgan fingerprint density at radius 2 is 1.68 bits per heavy atom. The Bertz CT molecular complexity index is 1010. The largest absolute Gasteiger partial charge is 0.468 e. The van der Waals surface area contributed by atoms with E-state index in [-0.39, 0.29) is 18.6 Å². The zero-order valence-electron chi connectivity index (χ0n) is 16.0. The van der Waals surface area contributed by atoms with Crippen LogP contribution < -0.4 is 0 Å². The van der Waals surface area contributed by atoms with Gasteiger partial charge < -0.3 is 9.64 Å². The molecule has 4 rings (SSSR count). The highest BCUT2D eigenvalue weighted by Gasteiger charge is 2.33. The molecule has 1 aliphatic heterocycles. The number of nitrogens with zero attached hydrogens (tertiary/aromatic N) is 2. The molecule has 0 aliphatic carbocycles. The van der Waals surface area contributed by atoms with Crippen molar-refractivity contribution in [3.8, 4) is 0 Å². The molecule has 0 aromatic heterocycles. The molecule has 0 unspecified atom stereocenters. The van der Waals surface area contributed by atoms with E-state index >= 15 is 0 Å². The molecule has 28 heavy (non-hydrogen) atoms. The van der Waals surface area contributed by atoms with E-state index in [9.17, 15) is 4.79 Å². The van der Waals surface area contributed by atoms with Gasteiger partial charge in [-0.05, 0) is 18.6 Å². The lowest BCUT2D eigenvalue weighted by molar-refractivity contribution is -0.141. The summed E-state index contributed by atoms with van der Waals surface area (Å²) in [5, 5.41) is 0. The Morgan fingerprint density at radius 3 is 2.36 bits per heavy atom. The summed E-state index contributed by atoms with van der Waals surface area (Å²) in [6.45, 7) is 2.20. The van der Waals surface area contributed by atoms with Crippen LogP contribution in [0.3, 0.4) is 0 Å².